The van der Waals surface area contributed by atoms with Crippen LogP contribution in [0.2, 0.25) is 0 Å². The highest BCUT2D eigenvalue weighted by molar-refractivity contribution is 9.10. The smallest absolute Gasteiger partial charge is 0.173 e. The Morgan fingerprint density at radius 3 is 2.56 bits per heavy atom. The second kappa shape index (κ2) is 6.89. The zero-order chi connectivity index (χ0) is 12.0. The second-order valence-electron chi connectivity index (χ2n) is 3.44. The quantitative estimate of drug-likeness (QED) is 0.816. The van der Waals surface area contributed by atoms with Gasteiger partial charge in [0.1, 0.15) is 0 Å². The molecule has 0 saturated heterocycles. The Morgan fingerprint density at radius 2 is 2.00 bits per heavy atom. The lowest BCUT2D eigenvalue weighted by atomic mass is 10.1. The summed E-state index contributed by atoms with van der Waals surface area (Å²) in [4.78, 5) is 0. The molecule has 0 bridgehead atoms. The van der Waals surface area contributed by atoms with Crippen molar-refractivity contribution in [3.8, 4) is 0 Å². The van der Waals surface area contributed by atoms with Gasteiger partial charge < -0.3 is 14.8 Å². The lowest BCUT2D eigenvalue weighted by Crippen LogP contribution is -2.24. The van der Waals surface area contributed by atoms with Gasteiger partial charge in [-0.2, -0.15) is 0 Å². The van der Waals surface area contributed by atoms with Gasteiger partial charge in [0, 0.05) is 24.4 Å². The van der Waals surface area contributed by atoms with E-state index in [4.69, 9.17) is 9.47 Å². The maximum Gasteiger partial charge on any atom is 0.173 e. The fourth-order valence-electron chi connectivity index (χ4n) is 1.48. The summed E-state index contributed by atoms with van der Waals surface area (Å²) in [5.74, 6) is 0. The zero-order valence-corrected chi connectivity index (χ0v) is 11.5. The fraction of sp³-hybridized carbons (Fsp3) is 0.500. The van der Waals surface area contributed by atoms with Crippen LogP contribution in [0.1, 0.15) is 12.5 Å². The minimum atomic E-state index is -0.214. The molecule has 0 saturated carbocycles. The van der Waals surface area contributed by atoms with Gasteiger partial charge in [-0.3, -0.25) is 0 Å². The predicted octanol–water partition coefficient (Wildman–Crippen LogP) is 3.04. The lowest BCUT2D eigenvalue weighted by molar-refractivity contribution is -0.0914. The standard InChI is InChI=1S/C12H18BrNO2/c1-4-9-7-10(13)5-6-11(9)14-8-12(15-2)16-3/h5-7,12,14H,4,8H2,1-3H3. The highest BCUT2D eigenvalue weighted by atomic mass is 79.9. The summed E-state index contributed by atoms with van der Waals surface area (Å²) < 4.78 is 11.4. The van der Waals surface area contributed by atoms with Crippen molar-refractivity contribution in [1.29, 1.82) is 0 Å². The molecule has 0 spiro atoms. The van der Waals surface area contributed by atoms with E-state index in [1.54, 1.807) is 14.2 Å². The molecule has 0 aliphatic heterocycles. The van der Waals surface area contributed by atoms with Crippen molar-refractivity contribution >= 4 is 21.6 Å². The van der Waals surface area contributed by atoms with Crippen LogP contribution in [0.5, 0.6) is 0 Å². The van der Waals surface area contributed by atoms with Gasteiger partial charge in [0.05, 0.1) is 6.54 Å². The number of hydrogen-bond acceptors (Lipinski definition) is 3. The monoisotopic (exact) mass is 287 g/mol. The topological polar surface area (TPSA) is 30.5 Å². The van der Waals surface area contributed by atoms with Crippen molar-refractivity contribution < 1.29 is 9.47 Å². The third kappa shape index (κ3) is 3.77. The van der Waals surface area contributed by atoms with Crippen LogP contribution in [0.4, 0.5) is 5.69 Å². The van der Waals surface area contributed by atoms with E-state index in [0.29, 0.717) is 6.54 Å². The minimum Gasteiger partial charge on any atom is -0.380 e. The van der Waals surface area contributed by atoms with E-state index in [1.165, 1.54) is 5.56 Å². The maximum absolute atomic E-state index is 5.12. The molecule has 16 heavy (non-hydrogen) atoms. The average molecular weight is 288 g/mol. The molecule has 1 aromatic rings. The first-order valence-corrected chi connectivity index (χ1v) is 6.08. The molecule has 1 N–H and O–H groups in total. The van der Waals surface area contributed by atoms with Gasteiger partial charge in [0.15, 0.2) is 6.29 Å². The van der Waals surface area contributed by atoms with E-state index < -0.39 is 0 Å². The highest BCUT2D eigenvalue weighted by Gasteiger charge is 2.06. The van der Waals surface area contributed by atoms with Crippen molar-refractivity contribution in [2.24, 2.45) is 0 Å². The number of benzene rings is 1. The maximum atomic E-state index is 5.12. The highest BCUT2D eigenvalue weighted by Crippen LogP contribution is 2.21. The Balaban J connectivity index is 2.65. The first-order chi connectivity index (χ1) is 7.71. The lowest BCUT2D eigenvalue weighted by Gasteiger charge is -2.16. The van der Waals surface area contributed by atoms with Gasteiger partial charge in [0.2, 0.25) is 0 Å². The number of nitrogens with one attached hydrogen (secondary N) is 1. The zero-order valence-electron chi connectivity index (χ0n) is 9.92. The molecule has 0 aliphatic rings. The molecule has 3 nitrogen and oxygen atoms in total. The molecular formula is C12H18BrNO2. The Morgan fingerprint density at radius 1 is 1.31 bits per heavy atom. The van der Waals surface area contributed by atoms with E-state index in [9.17, 15) is 0 Å². The molecule has 0 atom stereocenters. The molecule has 0 amide bonds. The normalized spacial score (nSPS) is 10.8. The number of halogens is 1. The van der Waals surface area contributed by atoms with Crippen molar-refractivity contribution in [1.82, 2.24) is 0 Å². The molecule has 0 heterocycles. The van der Waals surface area contributed by atoms with Crippen LogP contribution in [0.3, 0.4) is 0 Å². The van der Waals surface area contributed by atoms with Crippen LogP contribution < -0.4 is 5.32 Å². The molecule has 0 unspecified atom stereocenters. The first kappa shape index (κ1) is 13.5. The summed E-state index contributed by atoms with van der Waals surface area (Å²) in [5, 5.41) is 3.32. The van der Waals surface area contributed by atoms with E-state index in [-0.39, 0.29) is 6.29 Å². The molecule has 0 radical (unpaired) electrons. The third-order valence-electron chi connectivity index (χ3n) is 2.43. The van der Waals surface area contributed by atoms with E-state index in [0.717, 1.165) is 16.6 Å². The summed E-state index contributed by atoms with van der Waals surface area (Å²) in [7, 11) is 3.27. The summed E-state index contributed by atoms with van der Waals surface area (Å²) in [6.07, 6.45) is 0.778. The van der Waals surface area contributed by atoms with Gasteiger partial charge in [0.25, 0.3) is 0 Å². The van der Waals surface area contributed by atoms with Crippen LogP contribution in [-0.4, -0.2) is 27.1 Å². The van der Waals surface area contributed by atoms with Gasteiger partial charge in [-0.1, -0.05) is 22.9 Å². The Bertz CT molecular complexity index is 327. The van der Waals surface area contributed by atoms with Crippen LogP contribution in [0.15, 0.2) is 22.7 Å². The number of anilines is 1. The fourth-order valence-corrected chi connectivity index (χ4v) is 1.89. The number of methoxy groups -OCH3 is 2. The van der Waals surface area contributed by atoms with Crippen LogP contribution in [0.25, 0.3) is 0 Å². The van der Waals surface area contributed by atoms with E-state index >= 15 is 0 Å². The largest absolute Gasteiger partial charge is 0.380 e. The van der Waals surface area contributed by atoms with Gasteiger partial charge in [-0.15, -0.1) is 0 Å². The van der Waals surface area contributed by atoms with E-state index in [1.807, 2.05) is 6.07 Å². The summed E-state index contributed by atoms with van der Waals surface area (Å²) in [6.45, 7) is 2.78. The number of rotatable bonds is 6. The van der Waals surface area contributed by atoms with Gasteiger partial charge in [-0.25, -0.2) is 0 Å². The summed E-state index contributed by atoms with van der Waals surface area (Å²) in [5.41, 5.74) is 2.41. The Labute approximate surface area is 105 Å². The van der Waals surface area contributed by atoms with Crippen LogP contribution in [0, 0.1) is 0 Å². The molecular weight excluding hydrogens is 270 g/mol. The van der Waals surface area contributed by atoms with Crippen LogP contribution >= 0.6 is 15.9 Å². The van der Waals surface area contributed by atoms with Crippen molar-refractivity contribution in [3.05, 3.63) is 28.2 Å². The predicted molar refractivity (Wildman–Crippen MR) is 69.8 cm³/mol. The molecule has 90 valence electrons. The molecule has 0 fully saturated rings. The van der Waals surface area contributed by atoms with E-state index in [2.05, 4.69) is 40.3 Å². The molecule has 0 aliphatic carbocycles. The van der Waals surface area contributed by atoms with Crippen LogP contribution in [-0.2, 0) is 15.9 Å². The molecule has 4 heteroatoms. The SMILES string of the molecule is CCc1cc(Br)ccc1NCC(OC)OC. The number of hydrogen-bond donors (Lipinski definition) is 1. The third-order valence-corrected chi connectivity index (χ3v) is 2.93. The summed E-state index contributed by atoms with van der Waals surface area (Å²) in [6, 6.07) is 6.21. The van der Waals surface area contributed by atoms with Gasteiger partial charge >= 0.3 is 0 Å². The summed E-state index contributed by atoms with van der Waals surface area (Å²) >= 11 is 3.47. The minimum absolute atomic E-state index is 0.214. The van der Waals surface area contributed by atoms with Crippen molar-refractivity contribution in [3.63, 3.8) is 0 Å². The van der Waals surface area contributed by atoms with Crippen molar-refractivity contribution in [2.75, 3.05) is 26.1 Å². The first-order valence-electron chi connectivity index (χ1n) is 5.29. The average Bonchev–Trinajstić information content (AvgIpc) is 2.31. The second-order valence-corrected chi connectivity index (χ2v) is 4.35. The number of aryl methyl sites for hydroxylation is 1. The Hall–Kier alpha value is -0.580. The molecule has 1 rings (SSSR count). The Kier molecular flexibility index (Phi) is 5.80. The molecule has 0 aromatic heterocycles. The van der Waals surface area contributed by atoms with Gasteiger partial charge in [-0.05, 0) is 30.2 Å². The van der Waals surface area contributed by atoms with Crippen molar-refractivity contribution in [2.45, 2.75) is 19.6 Å². The molecule has 1 aromatic carbocycles. The number of ether oxygens (including phenoxy) is 2.